The molecule has 0 saturated carbocycles. The normalized spacial score (nSPS) is 20.2. The van der Waals surface area contributed by atoms with Crippen molar-refractivity contribution in [3.63, 3.8) is 0 Å². The molecule has 1 fully saturated rings. The third-order valence-electron chi connectivity index (χ3n) is 5.10. The van der Waals surface area contributed by atoms with Gasteiger partial charge in [0.15, 0.2) is 0 Å². The zero-order chi connectivity index (χ0) is 19.7. The van der Waals surface area contributed by atoms with E-state index in [1.807, 2.05) is 49.0 Å². The third kappa shape index (κ3) is 3.59. The lowest BCUT2D eigenvalue weighted by molar-refractivity contribution is -0.127. The van der Waals surface area contributed by atoms with Crippen molar-refractivity contribution in [2.45, 2.75) is 39.3 Å². The number of thiazole rings is 1. The Morgan fingerprint density at radius 3 is 2.89 bits per heavy atom. The van der Waals surface area contributed by atoms with Gasteiger partial charge in [-0.1, -0.05) is 18.2 Å². The highest BCUT2D eigenvalue weighted by Gasteiger charge is 2.38. The van der Waals surface area contributed by atoms with Crippen LogP contribution in [0.1, 0.15) is 46.6 Å². The van der Waals surface area contributed by atoms with E-state index in [4.69, 9.17) is 4.74 Å². The molecular weight excluding hydrogens is 372 g/mol. The number of carbonyl (C=O) groups excluding carboxylic acids is 1. The number of carbonyl (C=O) groups is 1. The number of benzene rings is 1. The highest BCUT2D eigenvalue weighted by atomic mass is 32.1. The zero-order valence-electron chi connectivity index (χ0n) is 16.3. The average Bonchev–Trinajstić information content (AvgIpc) is 3.41. The summed E-state index contributed by atoms with van der Waals surface area (Å²) in [7, 11) is 0. The Bertz CT molecular complexity index is 980. The summed E-state index contributed by atoms with van der Waals surface area (Å²) >= 11 is 1.61. The molecule has 0 spiro atoms. The van der Waals surface area contributed by atoms with E-state index in [1.54, 1.807) is 17.5 Å². The number of nitrogens with zero attached hydrogens (tertiary/aromatic N) is 3. The van der Waals surface area contributed by atoms with Gasteiger partial charge in [0.1, 0.15) is 11.1 Å². The molecule has 0 radical (unpaired) electrons. The summed E-state index contributed by atoms with van der Waals surface area (Å²) in [6, 6.07) is 9.91. The van der Waals surface area contributed by atoms with Crippen LogP contribution in [0, 0.1) is 19.8 Å². The molecule has 6 nitrogen and oxygen atoms in total. The Labute approximate surface area is 168 Å². The molecule has 0 unspecified atom stereocenters. The van der Waals surface area contributed by atoms with Crippen molar-refractivity contribution in [2.24, 2.45) is 5.92 Å². The van der Waals surface area contributed by atoms with Gasteiger partial charge in [0.25, 0.3) is 0 Å². The highest BCUT2D eigenvalue weighted by Crippen LogP contribution is 2.36. The van der Waals surface area contributed by atoms with Crippen LogP contribution < -0.4 is 5.32 Å². The Kier molecular flexibility index (Phi) is 5.28. The van der Waals surface area contributed by atoms with E-state index >= 15 is 0 Å². The van der Waals surface area contributed by atoms with Crippen LogP contribution >= 0.6 is 11.3 Å². The molecule has 0 aliphatic carbocycles. The van der Waals surface area contributed by atoms with E-state index in [-0.39, 0.29) is 24.0 Å². The van der Waals surface area contributed by atoms with E-state index in [0.717, 1.165) is 26.8 Å². The fourth-order valence-corrected chi connectivity index (χ4v) is 4.41. The van der Waals surface area contributed by atoms with Gasteiger partial charge in [0.2, 0.25) is 5.91 Å². The van der Waals surface area contributed by atoms with Gasteiger partial charge in [-0.2, -0.15) is 5.10 Å². The second kappa shape index (κ2) is 7.85. The lowest BCUT2D eigenvalue weighted by Crippen LogP contribution is -2.34. The third-order valence-corrected chi connectivity index (χ3v) is 6.20. The lowest BCUT2D eigenvalue weighted by atomic mass is 9.97. The van der Waals surface area contributed by atoms with Crippen molar-refractivity contribution in [3.8, 4) is 5.69 Å². The molecule has 0 bridgehead atoms. The molecule has 1 saturated heterocycles. The number of para-hydroxylation sites is 1. The largest absolute Gasteiger partial charge is 0.371 e. The first-order chi connectivity index (χ1) is 13.5. The molecule has 2 aromatic heterocycles. The number of hydrogen-bond acceptors (Lipinski definition) is 5. The molecule has 3 heterocycles. The minimum Gasteiger partial charge on any atom is -0.371 e. The first-order valence-electron chi connectivity index (χ1n) is 9.49. The van der Waals surface area contributed by atoms with Gasteiger partial charge in [0, 0.05) is 23.9 Å². The van der Waals surface area contributed by atoms with Crippen LogP contribution in [-0.4, -0.2) is 27.3 Å². The minimum atomic E-state index is -0.313. The molecule has 146 valence electrons. The number of hydrogen-bond donors (Lipinski definition) is 1. The van der Waals surface area contributed by atoms with Crippen LogP contribution in [0.25, 0.3) is 5.69 Å². The van der Waals surface area contributed by atoms with E-state index in [1.165, 1.54) is 0 Å². The molecule has 1 N–H and O–H groups in total. The van der Waals surface area contributed by atoms with Gasteiger partial charge < -0.3 is 10.1 Å². The number of rotatable bonds is 5. The van der Waals surface area contributed by atoms with Gasteiger partial charge in [-0.25, -0.2) is 9.67 Å². The summed E-state index contributed by atoms with van der Waals surface area (Å²) in [5, 5.41) is 8.53. The number of aromatic nitrogens is 3. The Hall–Kier alpha value is -2.51. The van der Waals surface area contributed by atoms with Crippen LogP contribution in [0.2, 0.25) is 0 Å². The van der Waals surface area contributed by atoms with Gasteiger partial charge in [-0.05, 0) is 44.9 Å². The number of aryl methyl sites for hydroxylation is 2. The van der Waals surface area contributed by atoms with Crippen molar-refractivity contribution in [1.82, 2.24) is 20.1 Å². The molecule has 28 heavy (non-hydrogen) atoms. The lowest BCUT2D eigenvalue weighted by Gasteiger charge is -2.21. The van der Waals surface area contributed by atoms with Crippen molar-refractivity contribution in [3.05, 3.63) is 63.9 Å². The van der Waals surface area contributed by atoms with Crippen LogP contribution in [0.3, 0.4) is 0 Å². The number of ether oxygens (including phenoxy) is 1. The highest BCUT2D eigenvalue weighted by molar-refractivity contribution is 7.11. The van der Waals surface area contributed by atoms with Gasteiger partial charge in [-0.3, -0.25) is 4.79 Å². The predicted molar refractivity (Wildman–Crippen MR) is 109 cm³/mol. The Morgan fingerprint density at radius 2 is 2.14 bits per heavy atom. The summed E-state index contributed by atoms with van der Waals surface area (Å²) in [5.74, 6) is -0.247. The average molecular weight is 397 g/mol. The van der Waals surface area contributed by atoms with Crippen molar-refractivity contribution in [1.29, 1.82) is 0 Å². The van der Waals surface area contributed by atoms with Gasteiger partial charge in [-0.15, -0.1) is 11.3 Å². The van der Waals surface area contributed by atoms with Gasteiger partial charge in [0.05, 0.1) is 23.3 Å². The molecular formula is C21H24N4O2S. The van der Waals surface area contributed by atoms with Crippen molar-refractivity contribution >= 4 is 17.2 Å². The summed E-state index contributed by atoms with van der Waals surface area (Å²) in [6.07, 6.45) is 3.98. The molecule has 1 aromatic carbocycles. The number of nitrogens with one attached hydrogen (secondary N) is 1. The first-order valence-corrected chi connectivity index (χ1v) is 10.3. The molecule has 3 aromatic rings. The fraction of sp³-hybridized carbons (Fsp3) is 0.381. The number of amides is 1. The van der Waals surface area contributed by atoms with Crippen molar-refractivity contribution < 1.29 is 9.53 Å². The standard InChI is InChI=1S/C21H24N4O2S/c1-13-6-4-5-7-17(13)25-18(8-10-23-25)19-16(9-11-27-19)20(26)24-15(3)21-22-12-14(2)28-21/h4-8,10,12,15-16,19H,9,11H2,1-3H3,(H,24,26)/t15-,16-,19-/m0/s1. The summed E-state index contributed by atoms with van der Waals surface area (Å²) in [5.41, 5.74) is 3.03. The minimum absolute atomic E-state index is 0.000358. The molecule has 1 aliphatic heterocycles. The fourth-order valence-electron chi connectivity index (χ4n) is 3.64. The van der Waals surface area contributed by atoms with Crippen LogP contribution in [0.5, 0.6) is 0 Å². The monoisotopic (exact) mass is 396 g/mol. The summed E-state index contributed by atoms with van der Waals surface area (Å²) in [6.45, 7) is 6.60. The first kappa shape index (κ1) is 18.8. The maximum atomic E-state index is 13.0. The topological polar surface area (TPSA) is 69.0 Å². The van der Waals surface area contributed by atoms with Gasteiger partial charge >= 0.3 is 0 Å². The summed E-state index contributed by atoms with van der Waals surface area (Å²) in [4.78, 5) is 18.5. The quantitative estimate of drug-likeness (QED) is 0.710. The van der Waals surface area contributed by atoms with E-state index in [2.05, 4.69) is 28.4 Å². The molecule has 4 rings (SSSR count). The SMILES string of the molecule is Cc1cnc([C@H](C)NC(=O)[C@H]2CCO[C@@H]2c2ccnn2-c2ccccc2C)s1. The van der Waals surface area contributed by atoms with E-state index in [0.29, 0.717) is 13.0 Å². The molecule has 1 aliphatic rings. The Balaban J connectivity index is 1.55. The predicted octanol–water partition coefficient (Wildman–Crippen LogP) is 3.90. The molecule has 7 heteroatoms. The zero-order valence-corrected chi connectivity index (χ0v) is 17.1. The maximum Gasteiger partial charge on any atom is 0.226 e. The maximum absolute atomic E-state index is 13.0. The molecule has 1 amide bonds. The second-order valence-corrected chi connectivity index (χ2v) is 8.45. The second-order valence-electron chi connectivity index (χ2n) is 7.18. The molecule has 3 atom stereocenters. The van der Waals surface area contributed by atoms with Crippen LogP contribution in [0.15, 0.2) is 42.7 Å². The summed E-state index contributed by atoms with van der Waals surface area (Å²) < 4.78 is 7.88. The Morgan fingerprint density at radius 1 is 1.32 bits per heavy atom. The smallest absolute Gasteiger partial charge is 0.226 e. The van der Waals surface area contributed by atoms with Crippen LogP contribution in [0.4, 0.5) is 0 Å². The van der Waals surface area contributed by atoms with Crippen molar-refractivity contribution in [2.75, 3.05) is 6.61 Å². The van der Waals surface area contributed by atoms with Crippen LogP contribution in [-0.2, 0) is 9.53 Å². The van der Waals surface area contributed by atoms with E-state index < -0.39 is 0 Å². The van der Waals surface area contributed by atoms with E-state index in [9.17, 15) is 4.79 Å².